The number of piperazine rings is 1. The highest BCUT2D eigenvalue weighted by atomic mass is 32.1. The molecule has 0 spiro atoms. The van der Waals surface area contributed by atoms with Gasteiger partial charge in [-0.2, -0.15) is 0 Å². The molecule has 0 aliphatic carbocycles. The van der Waals surface area contributed by atoms with Gasteiger partial charge in [0.05, 0.1) is 10.7 Å². The Hall–Kier alpha value is -2.22. The van der Waals surface area contributed by atoms with Crippen molar-refractivity contribution in [1.29, 1.82) is 0 Å². The van der Waals surface area contributed by atoms with E-state index >= 15 is 0 Å². The molecule has 7 nitrogen and oxygen atoms in total. The lowest BCUT2D eigenvalue weighted by Gasteiger charge is -2.35. The fourth-order valence-electron chi connectivity index (χ4n) is 3.79. The van der Waals surface area contributed by atoms with Crippen LogP contribution >= 0.6 is 11.3 Å². The first-order valence-electron chi connectivity index (χ1n) is 9.69. The Balaban J connectivity index is 1.36. The Kier molecular flexibility index (Phi) is 5.24. The van der Waals surface area contributed by atoms with Gasteiger partial charge < -0.3 is 14.7 Å². The summed E-state index contributed by atoms with van der Waals surface area (Å²) in [5.74, 6) is 1.97. The summed E-state index contributed by atoms with van der Waals surface area (Å²) in [6, 6.07) is 4.14. The molecule has 0 unspecified atom stereocenters. The average Bonchev–Trinajstić information content (AvgIpc) is 3.06. The summed E-state index contributed by atoms with van der Waals surface area (Å²) in [4.78, 5) is 24.3. The highest BCUT2D eigenvalue weighted by Gasteiger charge is 2.25. The molecule has 8 heteroatoms. The maximum absolute atomic E-state index is 12.7. The Bertz CT molecular complexity index is 791. The summed E-state index contributed by atoms with van der Waals surface area (Å²) >= 11 is 1.49. The molecule has 0 atom stereocenters. The van der Waals surface area contributed by atoms with E-state index in [2.05, 4.69) is 37.1 Å². The number of amides is 1. The van der Waals surface area contributed by atoms with Crippen LogP contribution in [0, 0.1) is 13.8 Å². The number of carbonyl (C=O) groups is 1. The summed E-state index contributed by atoms with van der Waals surface area (Å²) in [7, 11) is 0. The van der Waals surface area contributed by atoms with Crippen molar-refractivity contribution in [2.75, 3.05) is 49.1 Å². The number of hydrogen-bond acceptors (Lipinski definition) is 7. The number of carbonyl (C=O) groups excluding carboxylic acids is 1. The van der Waals surface area contributed by atoms with Crippen LogP contribution < -0.4 is 9.80 Å². The Morgan fingerprint density at radius 2 is 1.48 bits per heavy atom. The summed E-state index contributed by atoms with van der Waals surface area (Å²) in [6.07, 6.45) is 3.78. The maximum Gasteiger partial charge on any atom is 0.265 e. The van der Waals surface area contributed by atoms with E-state index in [0.717, 1.165) is 53.4 Å². The van der Waals surface area contributed by atoms with Crippen molar-refractivity contribution in [2.24, 2.45) is 0 Å². The quantitative estimate of drug-likeness (QED) is 0.808. The lowest BCUT2D eigenvalue weighted by Crippen LogP contribution is -2.49. The van der Waals surface area contributed by atoms with E-state index in [-0.39, 0.29) is 5.91 Å². The molecule has 2 fully saturated rings. The van der Waals surface area contributed by atoms with Gasteiger partial charge in [0.15, 0.2) is 11.6 Å². The minimum absolute atomic E-state index is 0.101. The Morgan fingerprint density at radius 3 is 2.00 bits per heavy atom. The largest absolute Gasteiger partial charge is 0.355 e. The van der Waals surface area contributed by atoms with E-state index in [1.807, 2.05) is 18.7 Å². The first-order chi connectivity index (χ1) is 13.1. The van der Waals surface area contributed by atoms with E-state index in [0.29, 0.717) is 13.1 Å². The summed E-state index contributed by atoms with van der Waals surface area (Å²) in [5, 5.41) is 9.83. The predicted molar refractivity (Wildman–Crippen MR) is 108 cm³/mol. The number of thiazole rings is 1. The molecule has 2 aliphatic heterocycles. The van der Waals surface area contributed by atoms with E-state index in [1.165, 1.54) is 30.6 Å². The molecule has 2 aromatic heterocycles. The molecule has 0 saturated carbocycles. The number of piperidine rings is 1. The number of aryl methyl sites for hydroxylation is 2. The van der Waals surface area contributed by atoms with Gasteiger partial charge in [0.2, 0.25) is 0 Å². The van der Waals surface area contributed by atoms with Gasteiger partial charge in [0.1, 0.15) is 4.88 Å². The molecule has 2 aromatic rings. The average molecular weight is 387 g/mol. The lowest BCUT2D eigenvalue weighted by atomic mass is 10.1. The standard InChI is InChI=1S/C19H26N6OS/c1-14-18(27-15(2)20-14)19(26)25-12-10-24(11-13-25)17-7-6-16(21-22-17)23-8-4-3-5-9-23/h6-7H,3-5,8-13H2,1-2H3. The molecule has 27 heavy (non-hydrogen) atoms. The third-order valence-corrected chi connectivity index (χ3v) is 6.37. The van der Waals surface area contributed by atoms with Crippen molar-refractivity contribution in [3.05, 3.63) is 27.7 Å². The number of anilines is 2. The highest BCUT2D eigenvalue weighted by molar-refractivity contribution is 7.13. The van der Waals surface area contributed by atoms with E-state index in [9.17, 15) is 4.79 Å². The molecule has 0 bridgehead atoms. The predicted octanol–water partition coefficient (Wildman–Crippen LogP) is 2.50. The van der Waals surface area contributed by atoms with Gasteiger partial charge in [-0.15, -0.1) is 21.5 Å². The van der Waals surface area contributed by atoms with Crippen LogP contribution in [0.25, 0.3) is 0 Å². The molecule has 4 heterocycles. The molecule has 2 saturated heterocycles. The van der Waals surface area contributed by atoms with Crippen LogP contribution in [0.15, 0.2) is 12.1 Å². The van der Waals surface area contributed by atoms with Crippen LogP contribution in [0.4, 0.5) is 11.6 Å². The second kappa shape index (κ2) is 7.80. The van der Waals surface area contributed by atoms with Crippen LogP contribution in [0.1, 0.15) is 39.6 Å². The van der Waals surface area contributed by atoms with E-state index in [1.54, 1.807) is 0 Å². The first kappa shape index (κ1) is 18.2. The third kappa shape index (κ3) is 3.90. The van der Waals surface area contributed by atoms with Gasteiger partial charge in [-0.25, -0.2) is 4.98 Å². The van der Waals surface area contributed by atoms with Crippen molar-refractivity contribution < 1.29 is 4.79 Å². The fraction of sp³-hybridized carbons (Fsp3) is 0.579. The van der Waals surface area contributed by atoms with Crippen molar-refractivity contribution >= 4 is 28.9 Å². The summed E-state index contributed by atoms with van der Waals surface area (Å²) in [5.41, 5.74) is 0.837. The van der Waals surface area contributed by atoms with Crippen LogP contribution in [-0.4, -0.2) is 65.3 Å². The monoisotopic (exact) mass is 386 g/mol. The topological polar surface area (TPSA) is 65.5 Å². The van der Waals surface area contributed by atoms with Gasteiger partial charge in [-0.3, -0.25) is 4.79 Å². The molecule has 1 amide bonds. The minimum atomic E-state index is 0.101. The van der Waals surface area contributed by atoms with Gasteiger partial charge in [0.25, 0.3) is 5.91 Å². The number of hydrogen-bond donors (Lipinski definition) is 0. The van der Waals surface area contributed by atoms with Crippen molar-refractivity contribution in [2.45, 2.75) is 33.1 Å². The number of nitrogens with zero attached hydrogens (tertiary/aromatic N) is 6. The molecule has 0 radical (unpaired) electrons. The maximum atomic E-state index is 12.7. The second-order valence-corrected chi connectivity index (χ2v) is 8.43. The van der Waals surface area contributed by atoms with Gasteiger partial charge >= 0.3 is 0 Å². The summed E-state index contributed by atoms with van der Waals surface area (Å²) < 4.78 is 0. The zero-order valence-corrected chi connectivity index (χ0v) is 16.8. The highest BCUT2D eigenvalue weighted by Crippen LogP contribution is 2.22. The van der Waals surface area contributed by atoms with Crippen LogP contribution in [0.2, 0.25) is 0 Å². The van der Waals surface area contributed by atoms with Crippen LogP contribution in [0.3, 0.4) is 0 Å². The van der Waals surface area contributed by atoms with Crippen LogP contribution in [0.5, 0.6) is 0 Å². The normalized spacial score (nSPS) is 18.1. The SMILES string of the molecule is Cc1nc(C)c(C(=O)N2CCN(c3ccc(N4CCCCC4)nn3)CC2)s1. The van der Waals surface area contributed by atoms with Gasteiger partial charge in [0, 0.05) is 39.3 Å². The molecule has 0 aromatic carbocycles. The van der Waals surface area contributed by atoms with Crippen molar-refractivity contribution in [3.8, 4) is 0 Å². The first-order valence-corrected chi connectivity index (χ1v) is 10.5. The number of aromatic nitrogens is 3. The lowest BCUT2D eigenvalue weighted by molar-refractivity contribution is 0.0750. The van der Waals surface area contributed by atoms with Gasteiger partial charge in [-0.1, -0.05) is 0 Å². The Labute approximate surface area is 164 Å². The zero-order chi connectivity index (χ0) is 18.8. The smallest absolute Gasteiger partial charge is 0.265 e. The fourth-order valence-corrected chi connectivity index (χ4v) is 4.68. The van der Waals surface area contributed by atoms with Crippen molar-refractivity contribution in [3.63, 3.8) is 0 Å². The molecule has 0 N–H and O–H groups in total. The zero-order valence-electron chi connectivity index (χ0n) is 16.0. The molecule has 144 valence electrons. The van der Waals surface area contributed by atoms with Crippen molar-refractivity contribution in [1.82, 2.24) is 20.1 Å². The molecular formula is C19H26N6OS. The third-order valence-electron chi connectivity index (χ3n) is 5.31. The second-order valence-electron chi connectivity index (χ2n) is 7.22. The molecule has 2 aliphatic rings. The van der Waals surface area contributed by atoms with E-state index in [4.69, 9.17) is 0 Å². The van der Waals surface area contributed by atoms with E-state index < -0.39 is 0 Å². The Morgan fingerprint density at radius 1 is 0.889 bits per heavy atom. The number of rotatable bonds is 3. The molecule has 4 rings (SSSR count). The van der Waals surface area contributed by atoms with Gasteiger partial charge in [-0.05, 0) is 45.2 Å². The minimum Gasteiger partial charge on any atom is -0.355 e. The summed E-state index contributed by atoms with van der Waals surface area (Å²) in [6.45, 7) is 8.96. The van der Waals surface area contributed by atoms with Crippen LogP contribution in [-0.2, 0) is 0 Å². The molecular weight excluding hydrogens is 360 g/mol.